The molecule has 0 bridgehead atoms. The molecule has 0 aliphatic heterocycles. The first kappa shape index (κ1) is 30.6. The molecule has 214 valence electrons. The van der Waals surface area contributed by atoms with Crippen molar-refractivity contribution in [1.82, 2.24) is 10.2 Å². The number of amides is 2. The van der Waals surface area contributed by atoms with Gasteiger partial charge in [-0.05, 0) is 88.7 Å². The van der Waals surface area contributed by atoms with Crippen LogP contribution in [0.3, 0.4) is 0 Å². The number of rotatable bonds is 11. The number of nitrogens with zero attached hydrogens (tertiary/aromatic N) is 2. The average Bonchev–Trinajstić information content (AvgIpc) is 2.90. The smallest absolute Gasteiger partial charge is 0.264 e. The highest BCUT2D eigenvalue weighted by molar-refractivity contribution is 7.92. The Morgan fingerprint density at radius 2 is 1.55 bits per heavy atom. The number of nitrogens with one attached hydrogen (secondary N) is 1. The van der Waals surface area contributed by atoms with Gasteiger partial charge >= 0.3 is 0 Å². The molecular weight excluding hydrogens is 533 g/mol. The number of ether oxygens (including phenoxy) is 1. The molecule has 3 rings (SSSR count). The highest BCUT2D eigenvalue weighted by Crippen LogP contribution is 2.26. The number of hydrogen-bond donors (Lipinski definition) is 1. The fraction of sp³-hybridized carbons (Fsp3) is 0.333. The van der Waals surface area contributed by atoms with E-state index in [0.29, 0.717) is 12.4 Å². The molecule has 1 N–H and O–H groups in total. The summed E-state index contributed by atoms with van der Waals surface area (Å²) in [5, 5.41) is 2.88. The summed E-state index contributed by atoms with van der Waals surface area (Å²) < 4.78 is 47.8. The van der Waals surface area contributed by atoms with Crippen molar-refractivity contribution in [2.24, 2.45) is 0 Å². The summed E-state index contributed by atoms with van der Waals surface area (Å²) >= 11 is 0. The van der Waals surface area contributed by atoms with Crippen LogP contribution in [0.4, 0.5) is 10.1 Å². The second-order valence-electron chi connectivity index (χ2n) is 10.3. The highest BCUT2D eigenvalue weighted by atomic mass is 32.2. The standard InChI is InChI=1S/C30H36FN3O5S/c1-6-39-26-16-18-27(19-17-26)40(37,38)34(25-14-12-24(31)13-15-25)21-28(35)33(20-23-10-8-7-9-11-23)22(2)29(36)32-30(3,4)5/h7-19,22H,6,20-21H2,1-5H3,(H,32,36)/t22-/m1/s1. The molecule has 0 aliphatic carbocycles. The van der Waals surface area contributed by atoms with Crippen LogP contribution >= 0.6 is 0 Å². The summed E-state index contributed by atoms with van der Waals surface area (Å²) in [5.74, 6) is -1.02. The highest BCUT2D eigenvalue weighted by Gasteiger charge is 2.33. The van der Waals surface area contributed by atoms with Crippen molar-refractivity contribution in [1.29, 1.82) is 0 Å². The van der Waals surface area contributed by atoms with Crippen molar-refractivity contribution < 1.29 is 27.1 Å². The lowest BCUT2D eigenvalue weighted by Gasteiger charge is -2.33. The zero-order valence-electron chi connectivity index (χ0n) is 23.4. The third-order valence-electron chi connectivity index (χ3n) is 5.98. The largest absolute Gasteiger partial charge is 0.494 e. The minimum absolute atomic E-state index is 0.0683. The monoisotopic (exact) mass is 569 g/mol. The van der Waals surface area contributed by atoms with Crippen LogP contribution in [0.2, 0.25) is 0 Å². The van der Waals surface area contributed by atoms with Crippen LogP contribution < -0.4 is 14.4 Å². The summed E-state index contributed by atoms with van der Waals surface area (Å²) in [5.41, 5.74) is 0.341. The zero-order valence-corrected chi connectivity index (χ0v) is 24.2. The lowest BCUT2D eigenvalue weighted by atomic mass is 10.1. The van der Waals surface area contributed by atoms with Gasteiger partial charge in [0.25, 0.3) is 10.0 Å². The van der Waals surface area contributed by atoms with E-state index in [1.54, 1.807) is 6.92 Å². The molecule has 1 atom stereocenters. The molecule has 3 aromatic rings. The van der Waals surface area contributed by atoms with E-state index in [4.69, 9.17) is 4.74 Å². The fourth-order valence-corrected chi connectivity index (χ4v) is 5.39. The van der Waals surface area contributed by atoms with Crippen molar-refractivity contribution in [3.63, 3.8) is 0 Å². The van der Waals surface area contributed by atoms with E-state index >= 15 is 0 Å². The SMILES string of the molecule is CCOc1ccc(S(=O)(=O)N(CC(=O)N(Cc2ccccc2)[C@H](C)C(=O)NC(C)(C)C)c2ccc(F)cc2)cc1. The first-order valence-electron chi connectivity index (χ1n) is 13.0. The van der Waals surface area contributed by atoms with E-state index in [0.717, 1.165) is 22.0 Å². The van der Waals surface area contributed by atoms with Crippen LogP contribution in [-0.4, -0.2) is 49.9 Å². The summed E-state index contributed by atoms with van der Waals surface area (Å²) in [6.45, 7) is 8.81. The third-order valence-corrected chi connectivity index (χ3v) is 7.77. The number of halogens is 1. The summed E-state index contributed by atoms with van der Waals surface area (Å²) in [4.78, 5) is 28.3. The number of anilines is 1. The van der Waals surface area contributed by atoms with Gasteiger partial charge in [-0.1, -0.05) is 30.3 Å². The Kier molecular flexibility index (Phi) is 9.92. The Bertz CT molecular complexity index is 1390. The van der Waals surface area contributed by atoms with Gasteiger partial charge in [0.15, 0.2) is 0 Å². The molecule has 0 saturated heterocycles. The maximum absolute atomic E-state index is 13.9. The quantitative estimate of drug-likeness (QED) is 0.360. The molecule has 40 heavy (non-hydrogen) atoms. The molecule has 10 heteroatoms. The number of hydrogen-bond acceptors (Lipinski definition) is 5. The van der Waals surface area contributed by atoms with Crippen molar-refractivity contribution in [3.8, 4) is 5.75 Å². The number of carbonyl (C=O) groups is 2. The molecule has 0 fully saturated rings. The van der Waals surface area contributed by atoms with Gasteiger partial charge in [0.1, 0.15) is 24.2 Å². The molecular formula is C30H36FN3O5S. The van der Waals surface area contributed by atoms with Crippen LogP contribution in [0.15, 0.2) is 83.8 Å². The molecule has 0 aromatic heterocycles. The second kappa shape index (κ2) is 13.0. The molecule has 0 aliphatic rings. The molecule has 3 aromatic carbocycles. The number of sulfonamides is 1. The Balaban J connectivity index is 2.01. The van der Waals surface area contributed by atoms with Gasteiger partial charge in [-0.15, -0.1) is 0 Å². The van der Waals surface area contributed by atoms with Gasteiger partial charge in [-0.25, -0.2) is 12.8 Å². The van der Waals surface area contributed by atoms with Gasteiger partial charge in [-0.3, -0.25) is 13.9 Å². The van der Waals surface area contributed by atoms with Gasteiger partial charge in [-0.2, -0.15) is 0 Å². The number of benzene rings is 3. The first-order valence-corrected chi connectivity index (χ1v) is 14.4. The van der Waals surface area contributed by atoms with Crippen molar-refractivity contribution in [2.75, 3.05) is 17.5 Å². The molecule has 8 nitrogen and oxygen atoms in total. The summed E-state index contributed by atoms with van der Waals surface area (Å²) in [6.07, 6.45) is 0. The topological polar surface area (TPSA) is 96.0 Å². The second-order valence-corrected chi connectivity index (χ2v) is 12.2. The predicted octanol–water partition coefficient (Wildman–Crippen LogP) is 4.75. The van der Waals surface area contributed by atoms with E-state index in [1.165, 1.54) is 41.3 Å². The predicted molar refractivity (Wildman–Crippen MR) is 153 cm³/mol. The van der Waals surface area contributed by atoms with E-state index in [2.05, 4.69) is 5.32 Å². The first-order chi connectivity index (χ1) is 18.8. The molecule has 2 amide bonds. The van der Waals surface area contributed by atoms with Crippen molar-refractivity contribution in [2.45, 2.75) is 57.6 Å². The normalized spacial score (nSPS) is 12.3. The Morgan fingerprint density at radius 1 is 0.950 bits per heavy atom. The number of carbonyl (C=O) groups excluding carboxylic acids is 2. The minimum Gasteiger partial charge on any atom is -0.494 e. The molecule has 0 spiro atoms. The molecule has 0 radical (unpaired) electrons. The maximum atomic E-state index is 13.9. The van der Waals surface area contributed by atoms with Gasteiger partial charge < -0.3 is 15.0 Å². The van der Waals surface area contributed by atoms with E-state index in [9.17, 15) is 22.4 Å². The minimum atomic E-state index is -4.27. The lowest BCUT2D eigenvalue weighted by Crippen LogP contribution is -2.54. The summed E-state index contributed by atoms with van der Waals surface area (Å²) in [6, 6.07) is 18.9. The summed E-state index contributed by atoms with van der Waals surface area (Å²) in [7, 11) is -4.27. The third kappa shape index (κ3) is 8.05. The fourth-order valence-electron chi connectivity index (χ4n) is 3.97. The van der Waals surface area contributed by atoms with E-state index < -0.39 is 39.9 Å². The lowest BCUT2D eigenvalue weighted by molar-refractivity contribution is -0.140. The van der Waals surface area contributed by atoms with Crippen LogP contribution in [-0.2, 0) is 26.2 Å². The van der Waals surface area contributed by atoms with Gasteiger partial charge in [0, 0.05) is 12.1 Å². The Hall–Kier alpha value is -3.92. The van der Waals surface area contributed by atoms with Crippen LogP contribution in [0.1, 0.15) is 40.2 Å². The zero-order chi connectivity index (χ0) is 29.5. The van der Waals surface area contributed by atoms with Crippen molar-refractivity contribution in [3.05, 3.63) is 90.2 Å². The molecule has 0 unspecified atom stereocenters. The van der Waals surface area contributed by atoms with E-state index in [1.807, 2.05) is 58.0 Å². The van der Waals surface area contributed by atoms with Crippen molar-refractivity contribution >= 4 is 27.5 Å². The van der Waals surface area contributed by atoms with Crippen LogP contribution in [0.25, 0.3) is 0 Å². The molecule has 0 heterocycles. The Morgan fingerprint density at radius 3 is 2.10 bits per heavy atom. The molecule has 0 saturated carbocycles. The van der Waals surface area contributed by atoms with Gasteiger partial charge in [0.05, 0.1) is 17.2 Å². The average molecular weight is 570 g/mol. The van der Waals surface area contributed by atoms with Crippen LogP contribution in [0, 0.1) is 5.82 Å². The van der Waals surface area contributed by atoms with Crippen LogP contribution in [0.5, 0.6) is 5.75 Å². The Labute approximate surface area is 235 Å². The van der Waals surface area contributed by atoms with Gasteiger partial charge in [0.2, 0.25) is 11.8 Å². The maximum Gasteiger partial charge on any atom is 0.264 e. The van der Waals surface area contributed by atoms with E-state index in [-0.39, 0.29) is 23.0 Å².